The Kier molecular flexibility index (Phi) is 27.0. The van der Waals surface area contributed by atoms with E-state index in [9.17, 15) is 0 Å². The van der Waals surface area contributed by atoms with Gasteiger partial charge in [-0.05, 0) is 0 Å². The van der Waals surface area contributed by atoms with Gasteiger partial charge in [0.1, 0.15) is 0 Å². The molecule has 0 aliphatic carbocycles. The van der Waals surface area contributed by atoms with Crippen LogP contribution in [0.3, 0.4) is 0 Å². The van der Waals surface area contributed by atoms with Crippen molar-refractivity contribution in [2.24, 2.45) is 0 Å². The van der Waals surface area contributed by atoms with Crippen LogP contribution in [0.15, 0.2) is 17.5 Å². The second-order valence-corrected chi connectivity index (χ2v) is 47.0. The number of hydrogen-bond acceptors (Lipinski definition) is 3. The van der Waals surface area contributed by atoms with Crippen LogP contribution in [0.4, 0.5) is 0 Å². The maximum absolute atomic E-state index is 7.21. The minimum atomic E-state index is -2.73. The van der Waals surface area contributed by atoms with E-state index in [0.717, 1.165) is 6.61 Å². The Morgan fingerprint density at radius 3 is 1.24 bits per heavy atom. The molecule has 1 nitrogen and oxygen atoms in total. The number of unbranched alkanes of at least 4 members (excludes halogenated alkanes) is 19. The van der Waals surface area contributed by atoms with E-state index in [2.05, 4.69) is 88.7 Å². The fourth-order valence-electron chi connectivity index (χ4n) is 9.55. The van der Waals surface area contributed by atoms with Gasteiger partial charge in [-0.1, -0.05) is 45.4 Å². The Balaban J connectivity index is 1.89. The first-order valence-corrected chi connectivity index (χ1v) is 41.3. The van der Waals surface area contributed by atoms with E-state index in [1.54, 1.807) is 28.1 Å². The predicted octanol–water partition coefficient (Wildman–Crippen LogP) is 18.1. The molecule has 5 heteroatoms. The molecule has 3 rings (SSSR count). The Morgan fingerprint density at radius 1 is 0.418 bits per heavy atom. The van der Waals surface area contributed by atoms with Gasteiger partial charge in [0.25, 0.3) is 0 Å². The van der Waals surface area contributed by atoms with Gasteiger partial charge < -0.3 is 0 Å². The quantitative estimate of drug-likeness (QED) is 0.0417. The summed E-state index contributed by atoms with van der Waals surface area (Å²) in [5.74, 6) is 1.39. The van der Waals surface area contributed by atoms with Crippen LogP contribution in [-0.2, 0) is 0 Å². The molecule has 2 aromatic heterocycles. The first kappa shape index (κ1) is 49.9. The van der Waals surface area contributed by atoms with Crippen molar-refractivity contribution in [1.82, 2.24) is 0 Å². The van der Waals surface area contributed by atoms with Crippen molar-refractivity contribution in [3.05, 3.63) is 17.5 Å². The summed E-state index contributed by atoms with van der Waals surface area (Å²) >= 11 is -0.948. The normalized spacial score (nSPS) is 12.5. The molecule has 0 spiro atoms. The van der Waals surface area contributed by atoms with E-state index in [-0.39, 0.29) is 0 Å². The fourth-order valence-corrected chi connectivity index (χ4v) is 49.9. The average Bonchev–Trinajstić information content (AvgIpc) is 3.79. The Morgan fingerprint density at radius 2 is 0.800 bits per heavy atom. The van der Waals surface area contributed by atoms with Crippen molar-refractivity contribution in [2.45, 2.75) is 242 Å². The van der Waals surface area contributed by atoms with Gasteiger partial charge in [-0.2, -0.15) is 0 Å². The van der Waals surface area contributed by atoms with E-state index >= 15 is 0 Å². The van der Waals surface area contributed by atoms with Crippen LogP contribution in [0.1, 0.15) is 215 Å². The molecule has 316 valence electrons. The Hall–Kier alpha value is 0.537. The first-order valence-electron chi connectivity index (χ1n) is 24.6. The standard InChI is InChI=1S/C26H36OS2.6C4H9.2Sn/c1-2-3-4-5-6-7-8-9-10-11-12-13-14-15-17-27-24-21-29-26-19-22-16-18-28-25(22)20-23(24)26;6*1-3-4-2;;/h18-20H,2-15,17H2,1H3;6*1,3-4H2,2H3;;. The van der Waals surface area contributed by atoms with E-state index < -0.39 is 36.8 Å². The topological polar surface area (TPSA) is 9.23 Å². The molecule has 0 N–H and O–H groups in total. The van der Waals surface area contributed by atoms with Gasteiger partial charge in [0, 0.05) is 0 Å². The SMILES string of the molecule is CCCCCCCCCCCCCCCCOc1[c]([Sn]([CH2]CCC)([CH2]CCC)[CH2]CCC)sc2cc3[c]([Sn]([CH2]CCC)([CH2]CCC)[CH2]CCC)csc3cc12. The summed E-state index contributed by atoms with van der Waals surface area (Å²) in [6.45, 7) is 17.8. The van der Waals surface area contributed by atoms with Crippen LogP contribution in [-0.4, -0.2) is 43.4 Å². The zero-order valence-corrected chi connectivity index (χ0v) is 45.1. The van der Waals surface area contributed by atoms with Crippen LogP contribution >= 0.6 is 22.7 Å². The predicted molar refractivity (Wildman–Crippen MR) is 262 cm³/mol. The van der Waals surface area contributed by atoms with E-state index in [4.69, 9.17) is 4.74 Å². The van der Waals surface area contributed by atoms with Crippen molar-refractivity contribution in [3.63, 3.8) is 0 Å². The molecular formula is C50H90OS2Sn2. The molecule has 55 heavy (non-hydrogen) atoms. The second kappa shape index (κ2) is 29.7. The summed E-state index contributed by atoms with van der Waals surface area (Å²) in [6.07, 6.45) is 36.3. The summed E-state index contributed by atoms with van der Waals surface area (Å²) in [5, 5.41) is 5.88. The molecule has 3 aromatic rings. The number of thiophene rings is 2. The van der Waals surface area contributed by atoms with E-state index in [1.807, 2.05) is 6.47 Å². The van der Waals surface area contributed by atoms with Crippen LogP contribution in [0.5, 0.6) is 5.75 Å². The summed E-state index contributed by atoms with van der Waals surface area (Å²) in [5.41, 5.74) is 0. The van der Waals surface area contributed by atoms with Crippen molar-refractivity contribution < 1.29 is 4.74 Å². The Labute approximate surface area is 359 Å². The van der Waals surface area contributed by atoms with E-state index in [0.29, 0.717) is 0 Å². The number of rotatable bonds is 36. The molecule has 0 radical (unpaired) electrons. The van der Waals surface area contributed by atoms with Crippen LogP contribution in [0, 0.1) is 0 Å². The van der Waals surface area contributed by atoms with Crippen LogP contribution in [0.2, 0.25) is 26.6 Å². The summed E-state index contributed by atoms with van der Waals surface area (Å²) in [6, 6.07) is 5.40. The number of hydrogen-bond donors (Lipinski definition) is 0. The van der Waals surface area contributed by atoms with Gasteiger partial charge in [-0.15, -0.1) is 0 Å². The zero-order chi connectivity index (χ0) is 39.6. The molecule has 0 atom stereocenters. The third kappa shape index (κ3) is 16.2. The molecule has 0 bridgehead atoms. The molecule has 0 unspecified atom stereocenters. The second-order valence-electron chi connectivity index (χ2n) is 17.9. The molecule has 0 amide bonds. The molecule has 0 aliphatic rings. The average molecular weight is 1010 g/mol. The number of benzene rings is 1. The third-order valence-corrected chi connectivity index (χ3v) is 49.7. The van der Waals surface area contributed by atoms with Crippen molar-refractivity contribution >= 4 is 86.1 Å². The van der Waals surface area contributed by atoms with Gasteiger partial charge in [-0.25, -0.2) is 0 Å². The molecule has 0 saturated heterocycles. The summed E-state index contributed by atoms with van der Waals surface area (Å²) < 4.78 is 23.3. The minimum absolute atomic E-state index is 0.909. The third-order valence-electron chi connectivity index (χ3n) is 13.2. The monoisotopic (exact) mass is 1010 g/mol. The first-order chi connectivity index (χ1) is 27.0. The number of fused-ring (bicyclic) bond motifs is 2. The number of ether oxygens (including phenoxy) is 1. The summed E-state index contributed by atoms with van der Waals surface area (Å²) in [7, 11) is 0. The van der Waals surface area contributed by atoms with Gasteiger partial charge in [0.05, 0.1) is 0 Å². The van der Waals surface area contributed by atoms with Gasteiger partial charge in [0.15, 0.2) is 0 Å². The zero-order valence-electron chi connectivity index (χ0n) is 37.8. The molecular weight excluding hydrogens is 918 g/mol. The molecule has 2 heterocycles. The molecule has 0 saturated carbocycles. The maximum atomic E-state index is 7.21. The van der Waals surface area contributed by atoms with Crippen molar-refractivity contribution in [1.29, 1.82) is 0 Å². The van der Waals surface area contributed by atoms with Gasteiger partial charge in [0.2, 0.25) is 0 Å². The van der Waals surface area contributed by atoms with Crippen LogP contribution < -0.4 is 11.2 Å². The van der Waals surface area contributed by atoms with Crippen LogP contribution in [0.25, 0.3) is 20.2 Å². The van der Waals surface area contributed by atoms with Gasteiger partial charge in [-0.3, -0.25) is 0 Å². The summed E-state index contributed by atoms with van der Waals surface area (Å²) in [4.78, 5) is 0. The van der Waals surface area contributed by atoms with E-state index in [1.165, 1.54) is 191 Å². The molecule has 1 aromatic carbocycles. The molecule has 0 aliphatic heterocycles. The molecule has 0 fully saturated rings. The fraction of sp³-hybridized carbons (Fsp3) is 0.800. The van der Waals surface area contributed by atoms with Crippen molar-refractivity contribution in [2.75, 3.05) is 6.61 Å². The Bertz CT molecular complexity index is 1350. The van der Waals surface area contributed by atoms with Crippen molar-refractivity contribution in [3.8, 4) is 5.75 Å². The van der Waals surface area contributed by atoms with Gasteiger partial charge >= 0.3 is 317 Å².